The largest absolute Gasteiger partial charge is 0.497 e. The molecule has 1 amide bonds. The van der Waals surface area contributed by atoms with Gasteiger partial charge < -0.3 is 4.74 Å². The van der Waals surface area contributed by atoms with Crippen molar-refractivity contribution in [3.8, 4) is 5.75 Å². The number of hydrogen-bond acceptors (Lipinski definition) is 5. The lowest BCUT2D eigenvalue weighted by Gasteiger charge is -2.10. The maximum Gasteiger partial charge on any atom is 0.292 e. The molecule has 0 atom stereocenters. The zero-order valence-electron chi connectivity index (χ0n) is 16.6. The molecule has 0 saturated heterocycles. The monoisotopic (exact) mass is 392 g/mol. The minimum atomic E-state index is -0.468. The Morgan fingerprint density at radius 1 is 1.17 bits per heavy atom. The third kappa shape index (κ3) is 4.87. The fourth-order valence-electron chi connectivity index (χ4n) is 3.01. The molecule has 0 saturated carbocycles. The SMILES string of the molecule is CCCCCn1nc(C(=O)N/N=C\c2cccc(OC)c2)c2ccccc2c1=O. The van der Waals surface area contributed by atoms with Crippen LogP contribution in [0.5, 0.6) is 5.75 Å². The highest BCUT2D eigenvalue weighted by molar-refractivity contribution is 6.04. The van der Waals surface area contributed by atoms with Gasteiger partial charge in [0.1, 0.15) is 5.75 Å². The van der Waals surface area contributed by atoms with Crippen molar-refractivity contribution >= 4 is 22.9 Å². The van der Waals surface area contributed by atoms with Crippen LogP contribution < -0.4 is 15.7 Å². The van der Waals surface area contributed by atoms with Gasteiger partial charge in [-0.3, -0.25) is 9.59 Å². The van der Waals surface area contributed by atoms with Crippen LogP contribution in [0.2, 0.25) is 0 Å². The number of nitrogens with zero attached hydrogens (tertiary/aromatic N) is 3. The van der Waals surface area contributed by atoms with Crippen LogP contribution in [0.4, 0.5) is 0 Å². The molecule has 1 N–H and O–H groups in total. The first-order chi connectivity index (χ1) is 14.1. The van der Waals surface area contributed by atoms with Crippen molar-refractivity contribution in [3.05, 3.63) is 70.1 Å². The quantitative estimate of drug-likeness (QED) is 0.362. The van der Waals surface area contributed by atoms with Crippen molar-refractivity contribution in [1.29, 1.82) is 0 Å². The molecule has 0 spiro atoms. The van der Waals surface area contributed by atoms with E-state index >= 15 is 0 Å². The molecule has 3 rings (SSSR count). The maximum atomic E-state index is 12.7. The van der Waals surface area contributed by atoms with E-state index < -0.39 is 5.91 Å². The number of carbonyl (C=O) groups excluding carboxylic acids is 1. The smallest absolute Gasteiger partial charge is 0.292 e. The van der Waals surface area contributed by atoms with E-state index in [0.29, 0.717) is 23.1 Å². The Labute approximate surface area is 169 Å². The van der Waals surface area contributed by atoms with Crippen LogP contribution >= 0.6 is 0 Å². The Morgan fingerprint density at radius 2 is 1.97 bits per heavy atom. The van der Waals surface area contributed by atoms with Crippen molar-refractivity contribution in [3.63, 3.8) is 0 Å². The molecule has 150 valence electrons. The van der Waals surface area contributed by atoms with E-state index in [4.69, 9.17) is 4.74 Å². The molecule has 7 nitrogen and oxygen atoms in total. The summed E-state index contributed by atoms with van der Waals surface area (Å²) in [5.74, 6) is 0.233. The standard InChI is InChI=1S/C22H24N4O3/c1-3-4-7-13-26-22(28)19-12-6-5-11-18(19)20(25-26)21(27)24-23-15-16-9-8-10-17(14-16)29-2/h5-6,8-12,14-15H,3-4,7,13H2,1-2H3,(H,24,27)/b23-15-. The number of aryl methyl sites for hydroxylation is 1. The van der Waals surface area contributed by atoms with E-state index in [0.717, 1.165) is 24.8 Å². The van der Waals surface area contributed by atoms with Crippen molar-refractivity contribution in [2.75, 3.05) is 7.11 Å². The molecular weight excluding hydrogens is 368 g/mol. The number of rotatable bonds is 8. The fraction of sp³-hybridized carbons (Fsp3) is 0.273. The summed E-state index contributed by atoms with van der Waals surface area (Å²) in [6.07, 6.45) is 4.39. The average Bonchev–Trinajstić information content (AvgIpc) is 2.75. The highest BCUT2D eigenvalue weighted by Crippen LogP contribution is 2.14. The fourth-order valence-corrected chi connectivity index (χ4v) is 3.01. The Hall–Kier alpha value is -3.48. The molecule has 2 aromatic carbocycles. The van der Waals surface area contributed by atoms with Gasteiger partial charge in [-0.25, -0.2) is 10.1 Å². The average molecular weight is 392 g/mol. The highest BCUT2D eigenvalue weighted by Gasteiger charge is 2.16. The van der Waals surface area contributed by atoms with Crippen LogP contribution in [0, 0.1) is 0 Å². The number of aromatic nitrogens is 2. The van der Waals surface area contributed by atoms with Crippen molar-refractivity contribution in [2.45, 2.75) is 32.7 Å². The lowest BCUT2D eigenvalue weighted by atomic mass is 10.1. The van der Waals surface area contributed by atoms with Crippen molar-refractivity contribution in [1.82, 2.24) is 15.2 Å². The van der Waals surface area contributed by atoms with E-state index in [-0.39, 0.29) is 11.3 Å². The number of unbranched alkanes of at least 4 members (excludes halogenated alkanes) is 2. The second-order valence-electron chi connectivity index (χ2n) is 6.61. The first-order valence-electron chi connectivity index (χ1n) is 9.61. The summed E-state index contributed by atoms with van der Waals surface area (Å²) >= 11 is 0. The number of fused-ring (bicyclic) bond motifs is 1. The Bertz CT molecular complexity index is 1090. The van der Waals surface area contributed by atoms with Crippen LogP contribution in [-0.2, 0) is 6.54 Å². The van der Waals surface area contributed by atoms with E-state index in [1.807, 2.05) is 18.2 Å². The number of methoxy groups -OCH3 is 1. The molecule has 29 heavy (non-hydrogen) atoms. The third-order valence-corrected chi connectivity index (χ3v) is 4.53. The zero-order valence-corrected chi connectivity index (χ0v) is 16.6. The van der Waals surface area contributed by atoms with Gasteiger partial charge in [-0.05, 0) is 30.2 Å². The van der Waals surface area contributed by atoms with Crippen molar-refractivity contribution < 1.29 is 9.53 Å². The van der Waals surface area contributed by atoms with E-state index in [9.17, 15) is 9.59 Å². The van der Waals surface area contributed by atoms with Gasteiger partial charge in [0, 0.05) is 11.9 Å². The second kappa shape index (κ2) is 9.64. The summed E-state index contributed by atoms with van der Waals surface area (Å²) in [4.78, 5) is 25.4. The molecule has 0 aliphatic heterocycles. The van der Waals surface area contributed by atoms with Gasteiger partial charge >= 0.3 is 0 Å². The summed E-state index contributed by atoms with van der Waals surface area (Å²) in [5, 5.41) is 9.33. The highest BCUT2D eigenvalue weighted by atomic mass is 16.5. The minimum absolute atomic E-state index is 0.180. The summed E-state index contributed by atoms with van der Waals surface area (Å²) in [7, 11) is 1.59. The number of benzene rings is 2. The number of hydrazone groups is 1. The molecule has 0 radical (unpaired) electrons. The van der Waals surface area contributed by atoms with Gasteiger partial charge in [0.05, 0.1) is 18.7 Å². The van der Waals surface area contributed by atoms with E-state index in [1.54, 1.807) is 37.4 Å². The first kappa shape index (κ1) is 20.3. The summed E-state index contributed by atoms with van der Waals surface area (Å²) in [5.41, 5.74) is 3.28. The first-order valence-corrected chi connectivity index (χ1v) is 9.61. The summed E-state index contributed by atoms with van der Waals surface area (Å²) in [6.45, 7) is 2.57. The molecule has 0 bridgehead atoms. The Balaban J connectivity index is 1.87. The second-order valence-corrected chi connectivity index (χ2v) is 6.61. The molecule has 0 fully saturated rings. The number of ether oxygens (including phenoxy) is 1. The Kier molecular flexibility index (Phi) is 6.73. The molecule has 0 aliphatic rings. The Morgan fingerprint density at radius 3 is 2.72 bits per heavy atom. The van der Waals surface area contributed by atoms with Crippen LogP contribution in [-0.4, -0.2) is 29.0 Å². The normalized spacial score (nSPS) is 11.1. The van der Waals surface area contributed by atoms with E-state index in [2.05, 4.69) is 22.5 Å². The zero-order chi connectivity index (χ0) is 20.6. The molecule has 7 heteroatoms. The number of carbonyl (C=O) groups is 1. The molecular formula is C22H24N4O3. The molecule has 3 aromatic rings. The van der Waals surface area contributed by atoms with Gasteiger partial charge in [0.25, 0.3) is 11.5 Å². The van der Waals surface area contributed by atoms with Crippen LogP contribution in [0.15, 0.2) is 58.4 Å². The lowest BCUT2D eigenvalue weighted by molar-refractivity contribution is 0.0949. The topological polar surface area (TPSA) is 85.6 Å². The summed E-state index contributed by atoms with van der Waals surface area (Å²) in [6, 6.07) is 14.3. The van der Waals surface area contributed by atoms with Gasteiger partial charge in [0.2, 0.25) is 0 Å². The molecule has 1 aromatic heterocycles. The maximum absolute atomic E-state index is 12.7. The molecule has 0 aliphatic carbocycles. The predicted octanol–water partition coefficient (Wildman–Crippen LogP) is 3.36. The summed E-state index contributed by atoms with van der Waals surface area (Å²) < 4.78 is 6.55. The van der Waals surface area contributed by atoms with Crippen molar-refractivity contribution in [2.24, 2.45) is 5.10 Å². The minimum Gasteiger partial charge on any atom is -0.497 e. The van der Waals surface area contributed by atoms with Crippen LogP contribution in [0.25, 0.3) is 10.8 Å². The number of hydrogen-bond donors (Lipinski definition) is 1. The van der Waals surface area contributed by atoms with Gasteiger partial charge in [0.15, 0.2) is 5.69 Å². The number of amides is 1. The molecule has 0 unspecified atom stereocenters. The third-order valence-electron chi connectivity index (χ3n) is 4.53. The van der Waals surface area contributed by atoms with Gasteiger partial charge in [-0.1, -0.05) is 50.1 Å². The molecule has 1 heterocycles. The van der Waals surface area contributed by atoms with Crippen LogP contribution in [0.3, 0.4) is 0 Å². The van der Waals surface area contributed by atoms with Gasteiger partial charge in [-0.2, -0.15) is 10.2 Å². The predicted molar refractivity (Wildman–Crippen MR) is 114 cm³/mol. The van der Waals surface area contributed by atoms with Gasteiger partial charge in [-0.15, -0.1) is 0 Å². The van der Waals surface area contributed by atoms with E-state index in [1.165, 1.54) is 10.9 Å². The number of nitrogens with one attached hydrogen (secondary N) is 1. The van der Waals surface area contributed by atoms with Crippen LogP contribution in [0.1, 0.15) is 42.2 Å². The lowest BCUT2D eigenvalue weighted by Crippen LogP contribution is -2.29.